The van der Waals surface area contributed by atoms with Crippen molar-refractivity contribution in [1.82, 2.24) is 15.3 Å². The lowest BCUT2D eigenvalue weighted by Gasteiger charge is -2.34. The molecule has 0 bridgehead atoms. The van der Waals surface area contributed by atoms with Gasteiger partial charge in [-0.25, -0.2) is 4.98 Å². The molecule has 1 fully saturated rings. The van der Waals surface area contributed by atoms with E-state index in [0.717, 1.165) is 18.7 Å². The van der Waals surface area contributed by atoms with Crippen molar-refractivity contribution in [2.75, 3.05) is 56.1 Å². The first-order valence-electron chi connectivity index (χ1n) is 12.4. The van der Waals surface area contributed by atoms with Gasteiger partial charge in [0.1, 0.15) is 11.4 Å². The maximum Gasteiger partial charge on any atom is 0.251 e. The standard InChI is InChI=1S/C26H36N6O4/c1-26(2)16-32(18-8-6-7-9-18)22-20(31(3)24(26)34)15-28-25(30-22)29-19-11-10-17(14-21(19)36-5)23(33)27-12-13-35-4/h10-11,14-15,18H,6-9,12-13,16H2,1-5H3,(H,27,33)(H,28,29,30). The molecule has 2 aromatic rings. The molecule has 0 saturated heterocycles. The van der Waals surface area contributed by atoms with Crippen LogP contribution in [-0.4, -0.2) is 68.8 Å². The van der Waals surface area contributed by atoms with Crippen LogP contribution in [0.4, 0.5) is 23.1 Å². The Bertz CT molecular complexity index is 1120. The predicted octanol–water partition coefficient (Wildman–Crippen LogP) is 3.36. The molecule has 1 saturated carbocycles. The van der Waals surface area contributed by atoms with E-state index in [2.05, 4.69) is 20.5 Å². The van der Waals surface area contributed by atoms with Gasteiger partial charge in [-0.15, -0.1) is 0 Å². The SMILES string of the molecule is COCCNC(=O)c1ccc(Nc2ncc3c(n2)N(C2CCCC2)CC(C)(C)C(=O)N3C)c(OC)c1. The van der Waals surface area contributed by atoms with Crippen LogP contribution in [-0.2, 0) is 9.53 Å². The van der Waals surface area contributed by atoms with Crippen LogP contribution in [0.1, 0.15) is 49.9 Å². The molecule has 0 radical (unpaired) electrons. The Kier molecular flexibility index (Phi) is 7.63. The summed E-state index contributed by atoms with van der Waals surface area (Å²) in [6, 6.07) is 5.51. The van der Waals surface area contributed by atoms with Gasteiger partial charge >= 0.3 is 0 Å². The number of hydrogen-bond donors (Lipinski definition) is 2. The Morgan fingerprint density at radius 2 is 1.97 bits per heavy atom. The Hall–Kier alpha value is -3.40. The summed E-state index contributed by atoms with van der Waals surface area (Å²) in [7, 11) is 4.93. The van der Waals surface area contributed by atoms with Crippen LogP contribution < -0.4 is 25.2 Å². The molecule has 2 aliphatic rings. The molecule has 1 aromatic carbocycles. The first-order chi connectivity index (χ1) is 17.2. The fourth-order valence-electron chi connectivity index (χ4n) is 4.95. The Morgan fingerprint density at radius 1 is 1.22 bits per heavy atom. The third kappa shape index (κ3) is 5.23. The molecule has 2 amide bonds. The topological polar surface area (TPSA) is 109 Å². The number of carbonyl (C=O) groups excluding carboxylic acids is 2. The van der Waals surface area contributed by atoms with E-state index in [1.807, 2.05) is 13.8 Å². The molecule has 194 valence electrons. The number of anilines is 4. The van der Waals surface area contributed by atoms with Crippen LogP contribution in [0.3, 0.4) is 0 Å². The summed E-state index contributed by atoms with van der Waals surface area (Å²) in [6.45, 7) is 5.44. The second kappa shape index (κ2) is 10.7. The van der Waals surface area contributed by atoms with Gasteiger partial charge in [0.25, 0.3) is 5.91 Å². The Balaban J connectivity index is 1.64. The molecule has 1 aliphatic heterocycles. The average molecular weight is 497 g/mol. The van der Waals surface area contributed by atoms with Gasteiger partial charge in [-0.05, 0) is 44.9 Å². The third-order valence-corrected chi connectivity index (χ3v) is 6.90. The highest BCUT2D eigenvalue weighted by atomic mass is 16.5. The molecule has 36 heavy (non-hydrogen) atoms. The summed E-state index contributed by atoms with van der Waals surface area (Å²) in [5.74, 6) is 1.49. The number of rotatable bonds is 8. The predicted molar refractivity (Wildman–Crippen MR) is 139 cm³/mol. The van der Waals surface area contributed by atoms with Crippen LogP contribution in [0.5, 0.6) is 5.75 Å². The summed E-state index contributed by atoms with van der Waals surface area (Å²) in [5.41, 5.74) is 1.27. The monoisotopic (exact) mass is 496 g/mol. The van der Waals surface area contributed by atoms with Crippen LogP contribution >= 0.6 is 0 Å². The zero-order valence-electron chi connectivity index (χ0n) is 21.8. The minimum atomic E-state index is -0.547. The van der Waals surface area contributed by atoms with Crippen molar-refractivity contribution in [3.8, 4) is 5.75 Å². The zero-order chi connectivity index (χ0) is 25.9. The second-order valence-corrected chi connectivity index (χ2v) is 10.0. The fraction of sp³-hybridized carbons (Fsp3) is 0.538. The second-order valence-electron chi connectivity index (χ2n) is 10.0. The number of ether oxygens (including phenoxy) is 2. The highest BCUT2D eigenvalue weighted by molar-refractivity contribution is 6.01. The van der Waals surface area contributed by atoms with Crippen molar-refractivity contribution < 1.29 is 19.1 Å². The van der Waals surface area contributed by atoms with Crippen LogP contribution in [0.25, 0.3) is 0 Å². The maximum absolute atomic E-state index is 13.2. The van der Waals surface area contributed by atoms with Gasteiger partial charge < -0.3 is 29.9 Å². The van der Waals surface area contributed by atoms with Gasteiger partial charge in [0.15, 0.2) is 5.82 Å². The number of nitrogens with zero attached hydrogens (tertiary/aromatic N) is 4. The van der Waals surface area contributed by atoms with Crippen molar-refractivity contribution in [2.45, 2.75) is 45.6 Å². The molecule has 1 aliphatic carbocycles. The summed E-state index contributed by atoms with van der Waals surface area (Å²) >= 11 is 0. The summed E-state index contributed by atoms with van der Waals surface area (Å²) in [5, 5.41) is 6.05. The van der Waals surface area contributed by atoms with Crippen molar-refractivity contribution in [2.24, 2.45) is 5.41 Å². The zero-order valence-corrected chi connectivity index (χ0v) is 21.8. The van der Waals surface area contributed by atoms with Crippen molar-refractivity contribution in [3.05, 3.63) is 30.0 Å². The molecule has 0 atom stereocenters. The van der Waals surface area contributed by atoms with Crippen LogP contribution in [0.2, 0.25) is 0 Å². The summed E-state index contributed by atoms with van der Waals surface area (Å²) in [4.78, 5) is 39.0. The van der Waals surface area contributed by atoms with Gasteiger partial charge in [0, 0.05) is 38.9 Å². The van der Waals surface area contributed by atoms with Crippen molar-refractivity contribution in [3.63, 3.8) is 0 Å². The lowest BCUT2D eigenvalue weighted by Crippen LogP contribution is -2.45. The number of carbonyl (C=O) groups is 2. The van der Waals surface area contributed by atoms with Crippen molar-refractivity contribution >= 4 is 35.0 Å². The highest BCUT2D eigenvalue weighted by Crippen LogP contribution is 2.40. The molecule has 0 unspecified atom stereocenters. The first kappa shape index (κ1) is 25.7. The van der Waals surface area contributed by atoms with E-state index in [1.165, 1.54) is 12.8 Å². The molecule has 0 spiro atoms. The summed E-state index contributed by atoms with van der Waals surface area (Å²) in [6.07, 6.45) is 6.23. The third-order valence-electron chi connectivity index (χ3n) is 6.90. The van der Waals surface area contributed by atoms with E-state index in [4.69, 9.17) is 14.5 Å². The quantitative estimate of drug-likeness (QED) is 0.536. The first-order valence-corrected chi connectivity index (χ1v) is 12.4. The fourth-order valence-corrected chi connectivity index (χ4v) is 4.95. The normalized spacial score (nSPS) is 17.5. The minimum absolute atomic E-state index is 0.0505. The van der Waals surface area contributed by atoms with E-state index in [-0.39, 0.29) is 11.8 Å². The number of nitrogens with one attached hydrogen (secondary N) is 2. The van der Waals surface area contributed by atoms with E-state index < -0.39 is 5.41 Å². The van der Waals surface area contributed by atoms with Gasteiger partial charge in [0.2, 0.25) is 11.9 Å². The largest absolute Gasteiger partial charge is 0.495 e. The Morgan fingerprint density at radius 3 is 2.67 bits per heavy atom. The number of fused-ring (bicyclic) bond motifs is 1. The lowest BCUT2D eigenvalue weighted by atomic mass is 9.91. The molecule has 10 heteroatoms. The molecule has 4 rings (SSSR count). The lowest BCUT2D eigenvalue weighted by molar-refractivity contribution is -0.125. The van der Waals surface area contributed by atoms with Crippen LogP contribution in [0.15, 0.2) is 24.4 Å². The summed E-state index contributed by atoms with van der Waals surface area (Å²) < 4.78 is 10.5. The smallest absolute Gasteiger partial charge is 0.251 e. The van der Waals surface area contributed by atoms with Gasteiger partial charge in [-0.3, -0.25) is 9.59 Å². The minimum Gasteiger partial charge on any atom is -0.495 e. The van der Waals surface area contributed by atoms with Gasteiger partial charge in [-0.1, -0.05) is 12.8 Å². The van der Waals surface area contributed by atoms with Gasteiger partial charge in [-0.2, -0.15) is 4.98 Å². The number of aromatic nitrogens is 2. The number of amides is 2. The van der Waals surface area contributed by atoms with E-state index in [1.54, 1.807) is 50.6 Å². The number of methoxy groups -OCH3 is 2. The molecule has 2 N–H and O–H groups in total. The molecular formula is C26H36N6O4. The van der Waals surface area contributed by atoms with Crippen LogP contribution in [0, 0.1) is 5.41 Å². The molecule has 2 heterocycles. The highest BCUT2D eigenvalue weighted by Gasteiger charge is 2.41. The van der Waals surface area contributed by atoms with Gasteiger partial charge in [0.05, 0.1) is 31.0 Å². The number of hydrogen-bond acceptors (Lipinski definition) is 8. The maximum atomic E-state index is 13.2. The van der Waals surface area contributed by atoms with Crippen molar-refractivity contribution in [1.29, 1.82) is 0 Å². The number of benzene rings is 1. The molecule has 1 aromatic heterocycles. The average Bonchev–Trinajstić information content (AvgIpc) is 3.39. The molecular weight excluding hydrogens is 460 g/mol. The molecule has 10 nitrogen and oxygen atoms in total. The van der Waals surface area contributed by atoms with E-state index in [0.29, 0.717) is 54.4 Å². The van der Waals surface area contributed by atoms with E-state index in [9.17, 15) is 9.59 Å². The van der Waals surface area contributed by atoms with E-state index >= 15 is 0 Å². The Labute approximate surface area is 212 Å².